The van der Waals surface area contributed by atoms with E-state index in [1.165, 1.54) is 6.20 Å². The number of nitrogen functional groups attached to an aromatic ring is 1. The largest absolute Gasteiger partial charge is 0.454 e. The summed E-state index contributed by atoms with van der Waals surface area (Å²) in [5, 5.41) is 0.873. The number of fused-ring (bicyclic) bond motifs is 2. The molecule has 112 valence electrons. The molecule has 0 radical (unpaired) electrons. The monoisotopic (exact) mass is 305 g/mol. The third-order valence-corrected chi connectivity index (χ3v) is 3.41. The van der Waals surface area contributed by atoms with E-state index < -0.39 is 5.56 Å². The lowest BCUT2D eigenvalue weighted by atomic mass is 10.2. The van der Waals surface area contributed by atoms with Gasteiger partial charge in [0.05, 0.1) is 5.52 Å². The van der Waals surface area contributed by atoms with Crippen molar-refractivity contribution >= 4 is 27.9 Å². The van der Waals surface area contributed by atoms with Crippen molar-refractivity contribution in [3.05, 3.63) is 59.1 Å². The highest BCUT2D eigenvalue weighted by Gasteiger charge is 2.11. The van der Waals surface area contributed by atoms with Crippen molar-refractivity contribution in [2.45, 2.75) is 0 Å². The molecule has 1 aromatic carbocycles. The number of nitrogens with one attached hydrogen (secondary N) is 1. The van der Waals surface area contributed by atoms with Crippen molar-refractivity contribution in [1.82, 2.24) is 19.9 Å². The Balaban J connectivity index is 1.90. The number of ether oxygens (including phenoxy) is 1. The Labute approximate surface area is 129 Å². The van der Waals surface area contributed by atoms with Crippen molar-refractivity contribution in [3.63, 3.8) is 0 Å². The lowest BCUT2D eigenvalue weighted by Crippen LogP contribution is -2.14. The van der Waals surface area contributed by atoms with Crippen LogP contribution >= 0.6 is 0 Å². The first kappa shape index (κ1) is 13.2. The maximum absolute atomic E-state index is 11.5. The molecule has 0 aliphatic heterocycles. The second-order valence-electron chi connectivity index (χ2n) is 4.89. The minimum Gasteiger partial charge on any atom is -0.454 e. The minimum absolute atomic E-state index is 0.130. The average Bonchev–Trinajstić information content (AvgIpc) is 2.57. The molecule has 0 spiro atoms. The van der Waals surface area contributed by atoms with Gasteiger partial charge in [-0.2, -0.15) is 0 Å². The Morgan fingerprint density at radius 2 is 1.91 bits per heavy atom. The lowest BCUT2D eigenvalue weighted by Gasteiger charge is -2.10. The number of nitrogens with two attached hydrogens (primary N) is 1. The van der Waals surface area contributed by atoms with Crippen molar-refractivity contribution in [3.8, 4) is 11.5 Å². The molecule has 0 amide bonds. The number of hydrogen-bond donors (Lipinski definition) is 2. The van der Waals surface area contributed by atoms with Crippen LogP contribution in [0.4, 0.5) is 5.82 Å². The summed E-state index contributed by atoms with van der Waals surface area (Å²) >= 11 is 0. The summed E-state index contributed by atoms with van der Waals surface area (Å²) in [5.41, 5.74) is 6.65. The van der Waals surface area contributed by atoms with E-state index in [4.69, 9.17) is 10.5 Å². The molecule has 7 nitrogen and oxygen atoms in total. The Bertz CT molecular complexity index is 1090. The second kappa shape index (κ2) is 5.06. The van der Waals surface area contributed by atoms with Gasteiger partial charge in [0.2, 0.25) is 0 Å². The van der Waals surface area contributed by atoms with Gasteiger partial charge in [-0.3, -0.25) is 9.78 Å². The van der Waals surface area contributed by atoms with E-state index in [1.807, 2.05) is 30.3 Å². The Morgan fingerprint density at radius 1 is 1.00 bits per heavy atom. The summed E-state index contributed by atoms with van der Waals surface area (Å²) in [7, 11) is 0. The Kier molecular flexibility index (Phi) is 2.90. The molecule has 23 heavy (non-hydrogen) atoms. The van der Waals surface area contributed by atoms with E-state index >= 15 is 0 Å². The molecule has 0 saturated heterocycles. The highest BCUT2D eigenvalue weighted by atomic mass is 16.5. The van der Waals surface area contributed by atoms with Crippen LogP contribution in [0.15, 0.2) is 53.6 Å². The fraction of sp³-hybridized carbons (Fsp3) is 0. The van der Waals surface area contributed by atoms with Gasteiger partial charge in [-0.15, -0.1) is 0 Å². The van der Waals surface area contributed by atoms with Crippen LogP contribution in [0.2, 0.25) is 0 Å². The molecule has 3 heterocycles. The van der Waals surface area contributed by atoms with Crippen LogP contribution < -0.4 is 16.0 Å². The van der Waals surface area contributed by atoms with Gasteiger partial charge >= 0.3 is 0 Å². The van der Waals surface area contributed by atoms with E-state index in [0.717, 1.165) is 10.9 Å². The van der Waals surface area contributed by atoms with Crippen molar-refractivity contribution in [2.75, 3.05) is 5.73 Å². The standard InChI is InChI=1S/C16H11N5O2/c17-14-16(22)21-15-13(20-14)12(6-8-19-15)23-11-5-1-4-10-9(11)3-2-7-18-10/h1-8H,(H2,17,20)(H,19,21,22). The van der Waals surface area contributed by atoms with E-state index in [2.05, 4.69) is 19.9 Å². The number of aromatic nitrogens is 4. The number of anilines is 1. The zero-order valence-corrected chi connectivity index (χ0v) is 11.9. The maximum atomic E-state index is 11.5. The van der Waals surface area contributed by atoms with Crippen LogP contribution in [0.5, 0.6) is 11.5 Å². The SMILES string of the molecule is Nc1nc2c(Oc3cccc4ncccc34)ccnc2[nH]c1=O. The zero-order valence-electron chi connectivity index (χ0n) is 11.9. The summed E-state index contributed by atoms with van der Waals surface area (Å²) in [6.07, 6.45) is 3.26. The Hall–Kier alpha value is -3.48. The van der Waals surface area contributed by atoms with Gasteiger partial charge in [0.15, 0.2) is 22.7 Å². The normalized spacial score (nSPS) is 11.0. The van der Waals surface area contributed by atoms with Crippen LogP contribution in [0.25, 0.3) is 22.1 Å². The van der Waals surface area contributed by atoms with Gasteiger partial charge in [-0.05, 0) is 24.3 Å². The third kappa shape index (κ3) is 2.24. The number of hydrogen-bond acceptors (Lipinski definition) is 6. The van der Waals surface area contributed by atoms with Crippen LogP contribution in [-0.2, 0) is 0 Å². The van der Waals surface area contributed by atoms with Crippen LogP contribution in [-0.4, -0.2) is 19.9 Å². The van der Waals surface area contributed by atoms with E-state index in [0.29, 0.717) is 22.7 Å². The summed E-state index contributed by atoms with van der Waals surface area (Å²) in [6.45, 7) is 0. The van der Waals surface area contributed by atoms with Crippen molar-refractivity contribution in [1.29, 1.82) is 0 Å². The van der Waals surface area contributed by atoms with Crippen LogP contribution in [0.3, 0.4) is 0 Å². The van der Waals surface area contributed by atoms with Gasteiger partial charge in [-0.1, -0.05) is 6.07 Å². The number of pyridine rings is 2. The molecule has 3 aromatic heterocycles. The van der Waals surface area contributed by atoms with Crippen LogP contribution in [0, 0.1) is 0 Å². The van der Waals surface area contributed by atoms with Crippen molar-refractivity contribution in [2.24, 2.45) is 0 Å². The van der Waals surface area contributed by atoms with E-state index in [-0.39, 0.29) is 5.82 Å². The molecule has 0 fully saturated rings. The van der Waals surface area contributed by atoms with E-state index in [9.17, 15) is 4.79 Å². The second-order valence-corrected chi connectivity index (χ2v) is 4.89. The summed E-state index contributed by atoms with van der Waals surface area (Å²) in [4.78, 5) is 26.6. The lowest BCUT2D eigenvalue weighted by molar-refractivity contribution is 0.492. The number of nitrogens with zero attached hydrogens (tertiary/aromatic N) is 3. The first-order valence-corrected chi connectivity index (χ1v) is 6.88. The van der Waals surface area contributed by atoms with Crippen LogP contribution in [0.1, 0.15) is 0 Å². The third-order valence-electron chi connectivity index (χ3n) is 3.41. The molecular formula is C16H11N5O2. The average molecular weight is 305 g/mol. The first-order chi connectivity index (χ1) is 11.2. The molecule has 0 bridgehead atoms. The molecule has 3 N–H and O–H groups in total. The predicted octanol–water partition coefficient (Wildman–Crippen LogP) is 2.24. The fourth-order valence-electron chi connectivity index (χ4n) is 2.34. The molecule has 0 saturated carbocycles. The number of rotatable bonds is 2. The highest BCUT2D eigenvalue weighted by molar-refractivity contribution is 5.86. The van der Waals surface area contributed by atoms with Gasteiger partial charge in [0.25, 0.3) is 5.56 Å². The maximum Gasteiger partial charge on any atom is 0.292 e. The smallest absolute Gasteiger partial charge is 0.292 e. The zero-order chi connectivity index (χ0) is 15.8. The predicted molar refractivity (Wildman–Crippen MR) is 86.4 cm³/mol. The highest BCUT2D eigenvalue weighted by Crippen LogP contribution is 2.31. The molecule has 0 atom stereocenters. The Morgan fingerprint density at radius 3 is 2.83 bits per heavy atom. The molecule has 0 aliphatic carbocycles. The fourth-order valence-corrected chi connectivity index (χ4v) is 2.34. The molecule has 7 heteroatoms. The molecule has 0 unspecified atom stereocenters. The van der Waals surface area contributed by atoms with Gasteiger partial charge in [-0.25, -0.2) is 9.97 Å². The number of benzene rings is 1. The molecular weight excluding hydrogens is 294 g/mol. The van der Waals surface area contributed by atoms with E-state index in [1.54, 1.807) is 12.3 Å². The topological polar surface area (TPSA) is 107 Å². The van der Waals surface area contributed by atoms with Gasteiger partial charge < -0.3 is 15.5 Å². The summed E-state index contributed by atoms with van der Waals surface area (Å²) in [6, 6.07) is 11.0. The quantitative estimate of drug-likeness (QED) is 0.588. The first-order valence-electron chi connectivity index (χ1n) is 6.88. The summed E-state index contributed by atoms with van der Waals surface area (Å²) < 4.78 is 5.98. The van der Waals surface area contributed by atoms with Gasteiger partial charge in [0.1, 0.15) is 5.75 Å². The molecule has 4 aromatic rings. The molecule has 4 rings (SSSR count). The molecule has 0 aliphatic rings. The van der Waals surface area contributed by atoms with Gasteiger partial charge in [0, 0.05) is 23.8 Å². The van der Waals surface area contributed by atoms with Crippen molar-refractivity contribution < 1.29 is 4.74 Å². The minimum atomic E-state index is -0.475. The summed E-state index contributed by atoms with van der Waals surface area (Å²) in [5.74, 6) is 0.957. The number of H-pyrrole nitrogens is 1. The number of aromatic amines is 1.